The molecule has 3 N–H and O–H groups in total. The predicted molar refractivity (Wildman–Crippen MR) is 54.3 cm³/mol. The zero-order valence-corrected chi connectivity index (χ0v) is 9.20. The summed E-state index contributed by atoms with van der Waals surface area (Å²) in [6, 6.07) is -0.242. The number of rotatable bonds is 4. The fourth-order valence-electron chi connectivity index (χ4n) is 1.68. The zero-order chi connectivity index (χ0) is 10.8. The molecule has 6 heteroatoms. The van der Waals surface area contributed by atoms with Gasteiger partial charge in [0, 0.05) is 19.1 Å². The molecule has 1 aliphatic heterocycles. The van der Waals surface area contributed by atoms with Crippen LogP contribution in [0.5, 0.6) is 0 Å². The summed E-state index contributed by atoms with van der Waals surface area (Å²) < 4.78 is 25.1. The maximum atomic E-state index is 11.9. The fourth-order valence-corrected chi connectivity index (χ4v) is 3.36. The SMILES string of the molecule is CC(CN)S(=O)(=O)N1CCCC1CO. The molecule has 0 amide bonds. The summed E-state index contributed by atoms with van der Waals surface area (Å²) in [6.45, 7) is 2.13. The van der Waals surface area contributed by atoms with Crippen molar-refractivity contribution in [2.24, 2.45) is 5.73 Å². The molecule has 0 aromatic rings. The maximum absolute atomic E-state index is 11.9. The van der Waals surface area contributed by atoms with Gasteiger partial charge < -0.3 is 10.8 Å². The molecule has 1 saturated heterocycles. The Labute approximate surface area is 84.9 Å². The van der Waals surface area contributed by atoms with Gasteiger partial charge in [0.15, 0.2) is 0 Å². The Hall–Kier alpha value is -0.170. The molecule has 2 unspecified atom stereocenters. The lowest BCUT2D eigenvalue weighted by Crippen LogP contribution is -2.44. The molecular weight excluding hydrogens is 204 g/mol. The van der Waals surface area contributed by atoms with Crippen LogP contribution in [0.1, 0.15) is 19.8 Å². The predicted octanol–water partition coefficient (Wildman–Crippen LogP) is -0.880. The van der Waals surface area contributed by atoms with E-state index in [2.05, 4.69) is 0 Å². The Morgan fingerprint density at radius 2 is 2.29 bits per heavy atom. The minimum Gasteiger partial charge on any atom is -0.395 e. The molecule has 1 rings (SSSR count). The van der Waals surface area contributed by atoms with Crippen molar-refractivity contribution >= 4 is 10.0 Å². The summed E-state index contributed by atoms with van der Waals surface area (Å²) in [5.74, 6) is 0. The first-order valence-corrected chi connectivity index (χ1v) is 6.36. The minimum atomic E-state index is -3.30. The first kappa shape index (κ1) is 11.9. The van der Waals surface area contributed by atoms with Gasteiger partial charge in [-0.25, -0.2) is 8.42 Å². The van der Waals surface area contributed by atoms with Crippen LogP contribution in [0.3, 0.4) is 0 Å². The molecule has 5 nitrogen and oxygen atoms in total. The van der Waals surface area contributed by atoms with Gasteiger partial charge in [0.25, 0.3) is 0 Å². The van der Waals surface area contributed by atoms with E-state index in [-0.39, 0.29) is 19.2 Å². The average molecular weight is 222 g/mol. The van der Waals surface area contributed by atoms with Crippen LogP contribution in [-0.4, -0.2) is 48.8 Å². The van der Waals surface area contributed by atoms with Gasteiger partial charge in [0.05, 0.1) is 11.9 Å². The molecule has 0 saturated carbocycles. The Morgan fingerprint density at radius 3 is 2.79 bits per heavy atom. The summed E-state index contributed by atoms with van der Waals surface area (Å²) in [5, 5.41) is 8.46. The maximum Gasteiger partial charge on any atom is 0.218 e. The lowest BCUT2D eigenvalue weighted by molar-refractivity contribution is 0.213. The van der Waals surface area contributed by atoms with Crippen LogP contribution in [0.25, 0.3) is 0 Å². The van der Waals surface area contributed by atoms with Crippen LogP contribution in [0, 0.1) is 0 Å². The summed E-state index contributed by atoms with van der Waals surface area (Å²) in [6.07, 6.45) is 1.56. The molecule has 0 spiro atoms. The van der Waals surface area contributed by atoms with Gasteiger partial charge in [-0.2, -0.15) is 4.31 Å². The number of nitrogens with zero attached hydrogens (tertiary/aromatic N) is 1. The van der Waals surface area contributed by atoms with Crippen molar-refractivity contribution < 1.29 is 13.5 Å². The van der Waals surface area contributed by atoms with Gasteiger partial charge in [-0.15, -0.1) is 0 Å². The third kappa shape index (κ3) is 2.08. The van der Waals surface area contributed by atoms with Crippen LogP contribution < -0.4 is 5.73 Å². The standard InChI is InChI=1S/C8H18N2O3S/c1-7(5-9)14(12,13)10-4-2-3-8(10)6-11/h7-8,11H,2-6,9H2,1H3. The van der Waals surface area contributed by atoms with Gasteiger partial charge in [-0.1, -0.05) is 0 Å². The van der Waals surface area contributed by atoms with E-state index in [9.17, 15) is 8.42 Å². The fraction of sp³-hybridized carbons (Fsp3) is 1.00. The van der Waals surface area contributed by atoms with Crippen molar-refractivity contribution in [1.29, 1.82) is 0 Å². The molecule has 0 bridgehead atoms. The first-order valence-electron chi connectivity index (χ1n) is 4.85. The first-order chi connectivity index (χ1) is 6.54. The highest BCUT2D eigenvalue weighted by Gasteiger charge is 2.36. The Balaban J connectivity index is 2.81. The number of nitrogens with two attached hydrogens (primary N) is 1. The van der Waals surface area contributed by atoms with Crippen LogP contribution in [0.2, 0.25) is 0 Å². The third-order valence-electron chi connectivity index (χ3n) is 2.70. The van der Waals surface area contributed by atoms with Crippen LogP contribution in [-0.2, 0) is 10.0 Å². The number of aliphatic hydroxyl groups excluding tert-OH is 1. The van der Waals surface area contributed by atoms with E-state index in [1.165, 1.54) is 4.31 Å². The quantitative estimate of drug-likeness (QED) is 0.647. The van der Waals surface area contributed by atoms with Crippen molar-refractivity contribution in [3.63, 3.8) is 0 Å². The average Bonchev–Trinajstić information content (AvgIpc) is 2.64. The Bertz CT molecular complexity index is 278. The van der Waals surface area contributed by atoms with Crippen LogP contribution in [0.15, 0.2) is 0 Å². The van der Waals surface area contributed by atoms with Crippen molar-refractivity contribution in [2.75, 3.05) is 19.7 Å². The molecule has 0 aromatic carbocycles. The van der Waals surface area contributed by atoms with Gasteiger partial charge in [0.1, 0.15) is 0 Å². The molecular formula is C8H18N2O3S. The Morgan fingerprint density at radius 1 is 1.64 bits per heavy atom. The lowest BCUT2D eigenvalue weighted by atomic mass is 10.2. The summed E-state index contributed by atoms with van der Waals surface area (Å²) in [5.41, 5.74) is 5.34. The molecule has 1 fully saturated rings. The molecule has 1 aliphatic rings. The van der Waals surface area contributed by atoms with E-state index in [0.29, 0.717) is 6.54 Å². The van der Waals surface area contributed by atoms with Crippen molar-refractivity contribution in [2.45, 2.75) is 31.1 Å². The second kappa shape index (κ2) is 4.57. The smallest absolute Gasteiger partial charge is 0.218 e. The van der Waals surface area contributed by atoms with E-state index in [0.717, 1.165) is 12.8 Å². The number of aliphatic hydroxyl groups is 1. The highest BCUT2D eigenvalue weighted by Crippen LogP contribution is 2.22. The topological polar surface area (TPSA) is 83.6 Å². The third-order valence-corrected chi connectivity index (χ3v) is 5.05. The number of sulfonamides is 1. The number of hydrogen-bond acceptors (Lipinski definition) is 4. The summed E-state index contributed by atoms with van der Waals surface area (Å²) in [7, 11) is -3.30. The lowest BCUT2D eigenvalue weighted by Gasteiger charge is -2.25. The van der Waals surface area contributed by atoms with Crippen LogP contribution in [0.4, 0.5) is 0 Å². The van der Waals surface area contributed by atoms with Gasteiger partial charge >= 0.3 is 0 Å². The molecule has 2 atom stereocenters. The largest absolute Gasteiger partial charge is 0.395 e. The van der Waals surface area contributed by atoms with E-state index >= 15 is 0 Å². The van der Waals surface area contributed by atoms with Gasteiger partial charge in [-0.05, 0) is 19.8 Å². The van der Waals surface area contributed by atoms with Crippen molar-refractivity contribution in [1.82, 2.24) is 4.31 Å². The van der Waals surface area contributed by atoms with Crippen LogP contribution >= 0.6 is 0 Å². The minimum absolute atomic E-state index is 0.101. The van der Waals surface area contributed by atoms with Crippen molar-refractivity contribution in [3.8, 4) is 0 Å². The van der Waals surface area contributed by atoms with E-state index in [4.69, 9.17) is 10.8 Å². The zero-order valence-electron chi connectivity index (χ0n) is 8.39. The Kier molecular flexibility index (Phi) is 3.88. The number of hydrogen-bond donors (Lipinski definition) is 2. The summed E-state index contributed by atoms with van der Waals surface area (Å²) >= 11 is 0. The van der Waals surface area contributed by atoms with E-state index < -0.39 is 15.3 Å². The molecule has 0 aliphatic carbocycles. The van der Waals surface area contributed by atoms with Gasteiger partial charge in [-0.3, -0.25) is 0 Å². The molecule has 14 heavy (non-hydrogen) atoms. The van der Waals surface area contributed by atoms with E-state index in [1.807, 2.05) is 0 Å². The molecule has 84 valence electrons. The highest BCUT2D eigenvalue weighted by molar-refractivity contribution is 7.89. The molecule has 1 heterocycles. The second-order valence-corrected chi connectivity index (χ2v) is 5.98. The second-order valence-electron chi connectivity index (χ2n) is 3.68. The molecule has 0 radical (unpaired) electrons. The van der Waals surface area contributed by atoms with Gasteiger partial charge in [0.2, 0.25) is 10.0 Å². The monoisotopic (exact) mass is 222 g/mol. The highest BCUT2D eigenvalue weighted by atomic mass is 32.2. The van der Waals surface area contributed by atoms with Crippen molar-refractivity contribution in [3.05, 3.63) is 0 Å². The van der Waals surface area contributed by atoms with E-state index in [1.54, 1.807) is 6.92 Å². The normalized spacial score (nSPS) is 26.6. The summed E-state index contributed by atoms with van der Waals surface area (Å²) in [4.78, 5) is 0. The molecule has 0 aromatic heterocycles.